The zero-order valence-corrected chi connectivity index (χ0v) is 11.9. The Kier molecular flexibility index (Phi) is 9.42. The Balaban J connectivity index is 0. The summed E-state index contributed by atoms with van der Waals surface area (Å²) in [4.78, 5) is 21.5. The number of hydrogen-bond donors (Lipinski definition) is 1. The van der Waals surface area contributed by atoms with E-state index < -0.39 is 17.7 Å². The second-order valence-corrected chi connectivity index (χ2v) is 5.16. The van der Waals surface area contributed by atoms with Crippen LogP contribution in [0.1, 0.15) is 41.5 Å². The quantitative estimate of drug-likeness (QED) is 0.761. The topological polar surface area (TPSA) is 64.6 Å². The van der Waals surface area contributed by atoms with Crippen LogP contribution in [-0.4, -0.2) is 31.3 Å². The molecule has 0 aromatic heterocycles. The first-order valence-corrected chi connectivity index (χ1v) is 5.62. The Morgan fingerprint density at radius 2 is 1.59 bits per heavy atom. The summed E-state index contributed by atoms with van der Waals surface area (Å²) in [6.45, 7) is 11.5. The molecule has 0 aliphatic carbocycles. The summed E-state index contributed by atoms with van der Waals surface area (Å²) < 4.78 is 9.20. The Hall–Kier alpha value is -1.26. The van der Waals surface area contributed by atoms with Gasteiger partial charge in [0.25, 0.3) is 0 Å². The highest BCUT2D eigenvalue weighted by molar-refractivity contribution is 5.77. The number of esters is 1. The zero-order chi connectivity index (χ0) is 14.1. The van der Waals surface area contributed by atoms with Gasteiger partial charge < -0.3 is 14.8 Å². The summed E-state index contributed by atoms with van der Waals surface area (Å²) in [5, 5.41) is 2.25. The van der Waals surface area contributed by atoms with Crippen molar-refractivity contribution in [3.8, 4) is 0 Å². The number of ether oxygens (including phenoxy) is 2. The van der Waals surface area contributed by atoms with Gasteiger partial charge in [-0.1, -0.05) is 20.8 Å². The average molecular weight is 247 g/mol. The molecule has 0 aromatic rings. The van der Waals surface area contributed by atoms with Crippen LogP contribution >= 0.6 is 0 Å². The van der Waals surface area contributed by atoms with Crippen molar-refractivity contribution in [2.45, 2.75) is 47.1 Å². The number of carbonyl (C=O) groups excluding carboxylic acids is 2. The lowest BCUT2D eigenvalue weighted by molar-refractivity contribution is -0.139. The molecular weight excluding hydrogens is 222 g/mol. The largest absolute Gasteiger partial charge is 0.468 e. The number of hydrogen-bond acceptors (Lipinski definition) is 4. The molecule has 102 valence electrons. The maximum Gasteiger partial charge on any atom is 0.408 e. The van der Waals surface area contributed by atoms with E-state index in [0.29, 0.717) is 0 Å². The summed E-state index contributed by atoms with van der Waals surface area (Å²) in [6.07, 6.45) is -0.627. The lowest BCUT2D eigenvalue weighted by Gasteiger charge is -2.19. The first-order valence-electron chi connectivity index (χ1n) is 5.62. The zero-order valence-electron chi connectivity index (χ0n) is 11.9. The summed E-state index contributed by atoms with van der Waals surface area (Å²) in [6, 6.07) is 0. The van der Waals surface area contributed by atoms with Crippen LogP contribution in [0.2, 0.25) is 0 Å². The predicted octanol–water partition coefficient (Wildman–Crippen LogP) is 2.35. The Morgan fingerprint density at radius 1 is 1.18 bits per heavy atom. The van der Waals surface area contributed by atoms with Crippen molar-refractivity contribution in [1.82, 2.24) is 5.32 Å². The van der Waals surface area contributed by atoms with Crippen LogP contribution in [0.5, 0.6) is 0 Å². The molecule has 0 saturated carbocycles. The van der Waals surface area contributed by atoms with Gasteiger partial charge in [-0.3, -0.25) is 4.79 Å². The van der Waals surface area contributed by atoms with E-state index in [1.165, 1.54) is 7.11 Å². The Bertz CT molecular complexity index is 228. The van der Waals surface area contributed by atoms with Crippen molar-refractivity contribution in [3.05, 3.63) is 0 Å². The minimum atomic E-state index is -0.627. The van der Waals surface area contributed by atoms with Crippen molar-refractivity contribution >= 4 is 12.1 Å². The van der Waals surface area contributed by atoms with E-state index >= 15 is 0 Å². The minimum Gasteiger partial charge on any atom is -0.468 e. The number of amides is 1. The van der Waals surface area contributed by atoms with Gasteiger partial charge >= 0.3 is 12.1 Å². The molecule has 1 amide bonds. The first kappa shape index (κ1) is 18.1. The van der Waals surface area contributed by atoms with Gasteiger partial charge in [0.05, 0.1) is 7.11 Å². The summed E-state index contributed by atoms with van der Waals surface area (Å²) in [5.74, 6) is 0.325. The number of methoxy groups -OCH3 is 1. The summed E-state index contributed by atoms with van der Waals surface area (Å²) in [5.41, 5.74) is -0.555. The van der Waals surface area contributed by atoms with Gasteiger partial charge in [0.1, 0.15) is 12.1 Å². The number of nitrogens with one attached hydrogen (secondary N) is 1. The maximum absolute atomic E-state index is 10.9. The standard InChI is InChI=1S/C8H15NO4.C4H10/c1-8(2,3)13-7(11)9-5-6(10)12-4;1-4(2)3/h5H2,1-4H3,(H,9,11);4H,1-3H3. The van der Waals surface area contributed by atoms with Gasteiger partial charge in [-0.2, -0.15) is 0 Å². The minimum absolute atomic E-state index is 0.175. The van der Waals surface area contributed by atoms with Crippen LogP contribution in [-0.2, 0) is 14.3 Å². The van der Waals surface area contributed by atoms with Gasteiger partial charge in [0.15, 0.2) is 0 Å². The molecule has 17 heavy (non-hydrogen) atoms. The van der Waals surface area contributed by atoms with Crippen LogP contribution < -0.4 is 5.32 Å². The van der Waals surface area contributed by atoms with Crippen molar-refractivity contribution < 1.29 is 19.1 Å². The number of carbonyl (C=O) groups is 2. The molecule has 0 radical (unpaired) electrons. The summed E-state index contributed by atoms with van der Waals surface area (Å²) in [7, 11) is 1.25. The van der Waals surface area contributed by atoms with Crippen LogP contribution in [0.3, 0.4) is 0 Å². The molecule has 0 rings (SSSR count). The van der Waals surface area contributed by atoms with E-state index in [4.69, 9.17) is 4.74 Å². The lowest BCUT2D eigenvalue weighted by atomic mass is 10.2. The van der Waals surface area contributed by atoms with Crippen molar-refractivity contribution in [2.75, 3.05) is 13.7 Å². The van der Waals surface area contributed by atoms with E-state index in [1.807, 2.05) is 0 Å². The molecule has 1 N–H and O–H groups in total. The summed E-state index contributed by atoms with van der Waals surface area (Å²) >= 11 is 0. The fourth-order valence-electron chi connectivity index (χ4n) is 0.531. The van der Waals surface area contributed by atoms with Crippen LogP contribution in [0.25, 0.3) is 0 Å². The van der Waals surface area contributed by atoms with Gasteiger partial charge in [-0.15, -0.1) is 0 Å². The van der Waals surface area contributed by atoms with E-state index in [2.05, 4.69) is 30.8 Å². The predicted molar refractivity (Wildman–Crippen MR) is 66.8 cm³/mol. The monoisotopic (exact) mass is 247 g/mol. The van der Waals surface area contributed by atoms with Gasteiger partial charge in [-0.25, -0.2) is 4.79 Å². The van der Waals surface area contributed by atoms with Gasteiger partial charge in [-0.05, 0) is 26.7 Å². The fraction of sp³-hybridized carbons (Fsp3) is 0.833. The van der Waals surface area contributed by atoms with Crippen molar-refractivity contribution in [3.63, 3.8) is 0 Å². The molecule has 0 aliphatic rings. The van der Waals surface area contributed by atoms with Gasteiger partial charge in [0, 0.05) is 0 Å². The van der Waals surface area contributed by atoms with Crippen molar-refractivity contribution in [2.24, 2.45) is 5.92 Å². The van der Waals surface area contributed by atoms with E-state index in [-0.39, 0.29) is 6.54 Å². The highest BCUT2D eigenvalue weighted by atomic mass is 16.6. The fourth-order valence-corrected chi connectivity index (χ4v) is 0.531. The molecule has 0 heterocycles. The lowest BCUT2D eigenvalue weighted by Crippen LogP contribution is -2.35. The number of rotatable bonds is 2. The maximum atomic E-state index is 10.9. The Morgan fingerprint density at radius 3 is 1.88 bits per heavy atom. The molecule has 5 heteroatoms. The van der Waals surface area contributed by atoms with Crippen LogP contribution in [0.4, 0.5) is 4.79 Å². The molecule has 0 bridgehead atoms. The normalized spacial score (nSPS) is 10.1. The molecule has 0 aliphatic heterocycles. The second-order valence-electron chi connectivity index (χ2n) is 5.16. The highest BCUT2D eigenvalue weighted by Gasteiger charge is 2.16. The average Bonchev–Trinajstić information content (AvgIpc) is 2.10. The molecule has 0 aromatic carbocycles. The molecular formula is C12H25NO4. The van der Waals surface area contributed by atoms with E-state index in [1.54, 1.807) is 20.8 Å². The molecule has 0 atom stereocenters. The smallest absolute Gasteiger partial charge is 0.408 e. The Labute approximate surface area is 104 Å². The van der Waals surface area contributed by atoms with Gasteiger partial charge in [0.2, 0.25) is 0 Å². The molecule has 0 saturated heterocycles. The molecule has 0 unspecified atom stereocenters. The third kappa shape index (κ3) is 20.7. The van der Waals surface area contributed by atoms with Crippen molar-refractivity contribution in [1.29, 1.82) is 0 Å². The van der Waals surface area contributed by atoms with Crippen LogP contribution in [0.15, 0.2) is 0 Å². The molecule has 5 nitrogen and oxygen atoms in total. The van der Waals surface area contributed by atoms with E-state index in [0.717, 1.165) is 5.92 Å². The SMILES string of the molecule is CC(C)C.COC(=O)CNC(=O)OC(C)(C)C. The first-order chi connectivity index (χ1) is 7.58. The molecule has 0 spiro atoms. The highest BCUT2D eigenvalue weighted by Crippen LogP contribution is 2.05. The second kappa shape index (κ2) is 8.84. The van der Waals surface area contributed by atoms with Crippen LogP contribution in [0, 0.1) is 5.92 Å². The van der Waals surface area contributed by atoms with E-state index in [9.17, 15) is 9.59 Å². The third-order valence-corrected chi connectivity index (χ3v) is 1.00. The molecule has 0 fully saturated rings. The third-order valence-electron chi connectivity index (χ3n) is 1.00. The number of alkyl carbamates (subject to hydrolysis) is 1.